The second-order valence-electron chi connectivity index (χ2n) is 4.84. The minimum Gasteiger partial charge on any atom is -0.481 e. The summed E-state index contributed by atoms with van der Waals surface area (Å²) >= 11 is 3.40. The highest BCUT2D eigenvalue weighted by atomic mass is 79.9. The number of hydrogen-bond donors (Lipinski definition) is 3. The molecule has 5 nitrogen and oxygen atoms in total. The van der Waals surface area contributed by atoms with Gasteiger partial charge in [-0.2, -0.15) is 0 Å². The number of aryl methyl sites for hydroxylation is 1. The van der Waals surface area contributed by atoms with Crippen LogP contribution in [0.4, 0.5) is 10.5 Å². The monoisotopic (exact) mass is 342 g/mol. The molecule has 3 N–H and O–H groups in total. The SMILES string of the molecule is Cc1cc(NC(=O)NCC(C)CCC(=O)O)ccc1Br. The number of carboxylic acids is 1. The van der Waals surface area contributed by atoms with E-state index in [9.17, 15) is 9.59 Å². The number of carboxylic acid groups (broad SMARTS) is 1. The first-order valence-electron chi connectivity index (χ1n) is 6.41. The van der Waals surface area contributed by atoms with Crippen LogP contribution in [0.25, 0.3) is 0 Å². The third-order valence-electron chi connectivity index (χ3n) is 2.88. The molecule has 0 radical (unpaired) electrons. The van der Waals surface area contributed by atoms with Gasteiger partial charge in [-0.25, -0.2) is 4.79 Å². The minimum atomic E-state index is -0.813. The average Bonchev–Trinajstić information content (AvgIpc) is 2.38. The molecule has 0 aliphatic heterocycles. The van der Waals surface area contributed by atoms with E-state index >= 15 is 0 Å². The van der Waals surface area contributed by atoms with E-state index in [2.05, 4.69) is 26.6 Å². The van der Waals surface area contributed by atoms with E-state index < -0.39 is 5.97 Å². The molecule has 0 spiro atoms. The van der Waals surface area contributed by atoms with Gasteiger partial charge in [0.1, 0.15) is 0 Å². The molecule has 0 heterocycles. The molecule has 0 bridgehead atoms. The first kappa shape index (κ1) is 16.5. The van der Waals surface area contributed by atoms with E-state index in [1.54, 1.807) is 0 Å². The summed E-state index contributed by atoms with van der Waals surface area (Å²) in [6.45, 7) is 4.31. The van der Waals surface area contributed by atoms with Crippen LogP contribution in [0.2, 0.25) is 0 Å². The zero-order chi connectivity index (χ0) is 15.1. The van der Waals surface area contributed by atoms with Crippen LogP contribution < -0.4 is 10.6 Å². The maximum atomic E-state index is 11.7. The maximum Gasteiger partial charge on any atom is 0.319 e. The van der Waals surface area contributed by atoms with Crippen molar-refractivity contribution in [3.8, 4) is 0 Å². The lowest BCUT2D eigenvalue weighted by atomic mass is 10.1. The topological polar surface area (TPSA) is 78.4 Å². The molecule has 110 valence electrons. The lowest BCUT2D eigenvalue weighted by Crippen LogP contribution is -2.32. The molecule has 1 unspecified atom stereocenters. The number of nitrogens with one attached hydrogen (secondary N) is 2. The predicted octanol–water partition coefficient (Wildman–Crippen LogP) is 3.38. The van der Waals surface area contributed by atoms with Crippen molar-refractivity contribution in [2.24, 2.45) is 5.92 Å². The Morgan fingerprint density at radius 2 is 2.10 bits per heavy atom. The largest absolute Gasteiger partial charge is 0.481 e. The lowest BCUT2D eigenvalue weighted by molar-refractivity contribution is -0.137. The van der Waals surface area contributed by atoms with Crippen LogP contribution in [0.5, 0.6) is 0 Å². The number of carbonyl (C=O) groups is 2. The van der Waals surface area contributed by atoms with Gasteiger partial charge in [-0.3, -0.25) is 4.79 Å². The van der Waals surface area contributed by atoms with Crippen molar-refractivity contribution in [3.63, 3.8) is 0 Å². The van der Waals surface area contributed by atoms with E-state index in [1.807, 2.05) is 32.0 Å². The second kappa shape index (κ2) is 7.89. The third kappa shape index (κ3) is 6.06. The number of benzene rings is 1. The Morgan fingerprint density at radius 1 is 1.40 bits per heavy atom. The predicted molar refractivity (Wildman–Crippen MR) is 81.9 cm³/mol. The minimum absolute atomic E-state index is 0.121. The standard InChI is InChI=1S/C14H19BrN2O3/c1-9(3-6-13(18)19)8-16-14(20)17-11-4-5-12(15)10(2)7-11/h4-5,7,9H,3,6,8H2,1-2H3,(H,18,19)(H2,16,17,20). The molecule has 1 aromatic carbocycles. The van der Waals surface area contributed by atoms with Gasteiger partial charge in [0.15, 0.2) is 0 Å². The number of rotatable bonds is 6. The molecule has 0 aromatic heterocycles. The Kier molecular flexibility index (Phi) is 6.51. The van der Waals surface area contributed by atoms with Crippen LogP contribution in [0, 0.1) is 12.8 Å². The summed E-state index contributed by atoms with van der Waals surface area (Å²) in [5, 5.41) is 14.1. The quantitative estimate of drug-likeness (QED) is 0.741. The molecular weight excluding hydrogens is 324 g/mol. The van der Waals surface area contributed by atoms with Gasteiger partial charge in [0, 0.05) is 23.1 Å². The molecule has 1 rings (SSSR count). The van der Waals surface area contributed by atoms with Gasteiger partial charge in [-0.1, -0.05) is 22.9 Å². The second-order valence-corrected chi connectivity index (χ2v) is 5.69. The van der Waals surface area contributed by atoms with Crippen LogP contribution in [0.15, 0.2) is 22.7 Å². The van der Waals surface area contributed by atoms with Crippen molar-refractivity contribution < 1.29 is 14.7 Å². The fourth-order valence-corrected chi connectivity index (χ4v) is 1.88. The zero-order valence-corrected chi connectivity index (χ0v) is 13.2. The van der Waals surface area contributed by atoms with Gasteiger partial charge in [-0.05, 0) is 43.0 Å². The van der Waals surface area contributed by atoms with Gasteiger partial charge in [0.2, 0.25) is 0 Å². The van der Waals surface area contributed by atoms with E-state index in [4.69, 9.17) is 5.11 Å². The van der Waals surface area contributed by atoms with Crippen LogP contribution in [0.3, 0.4) is 0 Å². The van der Waals surface area contributed by atoms with Crippen molar-refractivity contribution in [1.29, 1.82) is 0 Å². The highest BCUT2D eigenvalue weighted by Crippen LogP contribution is 2.19. The van der Waals surface area contributed by atoms with Crippen molar-refractivity contribution in [2.45, 2.75) is 26.7 Å². The fourth-order valence-electron chi connectivity index (χ4n) is 1.64. The summed E-state index contributed by atoms with van der Waals surface area (Å²) in [4.78, 5) is 22.1. The van der Waals surface area contributed by atoms with E-state index in [0.29, 0.717) is 13.0 Å². The molecule has 0 fully saturated rings. The molecule has 0 aliphatic carbocycles. The molecule has 0 saturated heterocycles. The fraction of sp³-hybridized carbons (Fsp3) is 0.429. The number of hydrogen-bond acceptors (Lipinski definition) is 2. The molecule has 20 heavy (non-hydrogen) atoms. The normalized spacial score (nSPS) is 11.8. The summed E-state index contributed by atoms with van der Waals surface area (Å²) in [7, 11) is 0. The zero-order valence-electron chi connectivity index (χ0n) is 11.6. The molecular formula is C14H19BrN2O3. The smallest absolute Gasteiger partial charge is 0.319 e. The Morgan fingerprint density at radius 3 is 2.70 bits per heavy atom. The first-order chi connectivity index (χ1) is 9.38. The number of halogens is 1. The highest BCUT2D eigenvalue weighted by Gasteiger charge is 2.08. The summed E-state index contributed by atoms with van der Waals surface area (Å²) < 4.78 is 0.991. The van der Waals surface area contributed by atoms with Gasteiger partial charge in [0.25, 0.3) is 0 Å². The summed E-state index contributed by atoms with van der Waals surface area (Å²) in [6, 6.07) is 5.27. The number of anilines is 1. The van der Waals surface area contributed by atoms with Gasteiger partial charge in [-0.15, -0.1) is 0 Å². The van der Waals surface area contributed by atoms with E-state index in [0.717, 1.165) is 15.7 Å². The van der Waals surface area contributed by atoms with Crippen molar-refractivity contribution in [2.75, 3.05) is 11.9 Å². The molecule has 6 heteroatoms. The number of urea groups is 1. The van der Waals surface area contributed by atoms with E-state index in [1.165, 1.54) is 0 Å². The number of amides is 2. The summed E-state index contributed by atoms with van der Waals surface area (Å²) in [5.74, 6) is -0.685. The molecule has 1 atom stereocenters. The summed E-state index contributed by atoms with van der Waals surface area (Å²) in [5.41, 5.74) is 1.76. The highest BCUT2D eigenvalue weighted by molar-refractivity contribution is 9.10. The maximum absolute atomic E-state index is 11.7. The summed E-state index contributed by atoms with van der Waals surface area (Å²) in [6.07, 6.45) is 0.670. The third-order valence-corrected chi connectivity index (χ3v) is 3.77. The van der Waals surface area contributed by atoms with Crippen molar-refractivity contribution in [3.05, 3.63) is 28.2 Å². The number of aliphatic carboxylic acids is 1. The van der Waals surface area contributed by atoms with E-state index in [-0.39, 0.29) is 18.4 Å². The molecule has 0 saturated carbocycles. The van der Waals surface area contributed by atoms with Crippen LogP contribution in [-0.2, 0) is 4.79 Å². The van der Waals surface area contributed by atoms with Crippen LogP contribution in [-0.4, -0.2) is 23.7 Å². The van der Waals surface area contributed by atoms with Crippen LogP contribution in [0.1, 0.15) is 25.3 Å². The Bertz CT molecular complexity index is 491. The Hall–Kier alpha value is -1.56. The molecule has 1 aromatic rings. The Balaban J connectivity index is 2.36. The van der Waals surface area contributed by atoms with Crippen LogP contribution >= 0.6 is 15.9 Å². The first-order valence-corrected chi connectivity index (χ1v) is 7.20. The molecule has 2 amide bonds. The number of carbonyl (C=O) groups excluding carboxylic acids is 1. The van der Waals surface area contributed by atoms with Gasteiger partial charge >= 0.3 is 12.0 Å². The average molecular weight is 343 g/mol. The Labute approximate surface area is 126 Å². The van der Waals surface area contributed by atoms with Crippen molar-refractivity contribution in [1.82, 2.24) is 5.32 Å². The lowest BCUT2D eigenvalue weighted by Gasteiger charge is -2.12. The van der Waals surface area contributed by atoms with Gasteiger partial charge in [0.05, 0.1) is 0 Å². The van der Waals surface area contributed by atoms with Gasteiger partial charge < -0.3 is 15.7 Å². The van der Waals surface area contributed by atoms with Crippen molar-refractivity contribution >= 4 is 33.6 Å². The molecule has 0 aliphatic rings.